The molecular formula is C42H77NO12S. The van der Waals surface area contributed by atoms with E-state index in [1.165, 1.54) is 63.9 Å². The molecule has 1 amide bonds. The van der Waals surface area contributed by atoms with Gasteiger partial charge in [-0.25, -0.2) is 4.18 Å². The third-order valence-corrected chi connectivity index (χ3v) is 10.5. The van der Waals surface area contributed by atoms with Crippen molar-refractivity contribution in [3.05, 3.63) is 36.5 Å². The molecule has 7 N–H and O–H groups in total. The van der Waals surface area contributed by atoms with Gasteiger partial charge < -0.3 is 40.3 Å². The van der Waals surface area contributed by atoms with Gasteiger partial charge in [0.2, 0.25) is 5.91 Å². The van der Waals surface area contributed by atoms with E-state index >= 15 is 0 Å². The SMILES string of the molecule is CCCC/C=C/CC/C=C/C(O)C(COC1OC(CO)C(O)C(OS(=O)(=O)O)C1O)NC(=O)C(O)CCCCCCCC/C=C\CCCCCCCCCCC. The topological polar surface area (TPSA) is 212 Å². The maximum Gasteiger partial charge on any atom is 0.397 e. The molecule has 1 heterocycles. The maximum atomic E-state index is 13.0. The minimum absolute atomic E-state index is 0.229. The number of rotatable bonds is 35. The number of allylic oxidation sites excluding steroid dienone is 5. The molecule has 1 saturated heterocycles. The van der Waals surface area contributed by atoms with Gasteiger partial charge in [0.1, 0.15) is 30.5 Å². The average Bonchev–Trinajstić information content (AvgIpc) is 3.16. The predicted molar refractivity (Wildman–Crippen MR) is 219 cm³/mol. The highest BCUT2D eigenvalue weighted by molar-refractivity contribution is 7.80. The highest BCUT2D eigenvalue weighted by Crippen LogP contribution is 2.26. The summed E-state index contributed by atoms with van der Waals surface area (Å²) in [6.45, 7) is 3.09. The van der Waals surface area contributed by atoms with Gasteiger partial charge in [-0.05, 0) is 51.4 Å². The van der Waals surface area contributed by atoms with Crippen LogP contribution in [0.2, 0.25) is 0 Å². The van der Waals surface area contributed by atoms with Gasteiger partial charge in [0.05, 0.1) is 25.4 Å². The Morgan fingerprint density at radius 3 is 1.77 bits per heavy atom. The van der Waals surface area contributed by atoms with E-state index in [-0.39, 0.29) is 6.42 Å². The molecule has 14 heteroatoms. The second-order valence-corrected chi connectivity index (χ2v) is 16.1. The quantitative estimate of drug-likeness (QED) is 0.0207. The zero-order valence-electron chi connectivity index (χ0n) is 34.3. The minimum Gasteiger partial charge on any atom is -0.394 e. The van der Waals surface area contributed by atoms with Crippen molar-refractivity contribution in [2.45, 2.75) is 210 Å². The summed E-state index contributed by atoms with van der Waals surface area (Å²) in [5.74, 6) is -0.722. The Morgan fingerprint density at radius 2 is 1.21 bits per heavy atom. The van der Waals surface area contributed by atoms with Crippen LogP contribution in [-0.2, 0) is 28.9 Å². The monoisotopic (exact) mass is 820 g/mol. The lowest BCUT2D eigenvalue weighted by molar-refractivity contribution is -0.298. The van der Waals surface area contributed by atoms with E-state index in [1.54, 1.807) is 6.08 Å². The number of amides is 1. The van der Waals surface area contributed by atoms with E-state index in [0.29, 0.717) is 12.8 Å². The van der Waals surface area contributed by atoms with Crippen molar-refractivity contribution in [3.63, 3.8) is 0 Å². The summed E-state index contributed by atoms with van der Waals surface area (Å²) >= 11 is 0. The molecule has 13 nitrogen and oxygen atoms in total. The molecule has 0 bridgehead atoms. The van der Waals surface area contributed by atoms with Crippen molar-refractivity contribution < 1.29 is 57.0 Å². The summed E-state index contributed by atoms with van der Waals surface area (Å²) in [6, 6.07) is -1.14. The normalized spacial score (nSPS) is 22.3. The van der Waals surface area contributed by atoms with Gasteiger partial charge in [0, 0.05) is 0 Å². The summed E-state index contributed by atoms with van der Waals surface area (Å²) in [6.07, 6.45) is 25.6. The fraction of sp³-hybridized carbons (Fsp3) is 0.833. The molecule has 0 radical (unpaired) electrons. The highest BCUT2D eigenvalue weighted by Gasteiger charge is 2.48. The fourth-order valence-electron chi connectivity index (χ4n) is 6.51. The number of ether oxygens (including phenoxy) is 2. The van der Waals surface area contributed by atoms with Crippen molar-refractivity contribution in [3.8, 4) is 0 Å². The number of hydrogen-bond acceptors (Lipinski definition) is 11. The number of carbonyl (C=O) groups excluding carboxylic acids is 1. The van der Waals surface area contributed by atoms with Crippen LogP contribution in [0.25, 0.3) is 0 Å². The first-order valence-electron chi connectivity index (χ1n) is 21.5. The standard InChI is InChI=1S/C42H77NO12S/c1-3-5-7-9-11-13-14-15-16-17-18-19-20-21-22-23-25-27-29-31-36(46)41(49)43-34(35(45)30-28-26-24-12-10-8-6-4-2)33-53-42-39(48)40(55-56(50,51)52)38(47)37(32-44)54-42/h10,12,18-19,28,30,34-40,42,44-48H,3-9,11,13-17,20-27,29,31-33H2,1-2H3,(H,43,49)(H,50,51,52)/b12-10+,19-18-,30-28+. The first-order chi connectivity index (χ1) is 26.9. The molecule has 1 rings (SSSR count). The third kappa shape index (κ3) is 25.6. The Kier molecular flexibility index (Phi) is 31.0. The number of unbranched alkanes of at least 4 members (excludes halogenated alkanes) is 18. The molecule has 1 aliphatic heterocycles. The van der Waals surface area contributed by atoms with Crippen LogP contribution >= 0.6 is 0 Å². The molecule has 56 heavy (non-hydrogen) atoms. The summed E-state index contributed by atoms with van der Waals surface area (Å²) < 4.78 is 47.2. The number of aliphatic hydroxyl groups excluding tert-OH is 5. The molecular weight excluding hydrogens is 743 g/mol. The van der Waals surface area contributed by atoms with Gasteiger partial charge in [-0.1, -0.05) is 147 Å². The van der Waals surface area contributed by atoms with Crippen LogP contribution in [0, 0.1) is 0 Å². The Balaban J connectivity index is 2.53. The van der Waals surface area contributed by atoms with Crippen LogP contribution in [0.3, 0.4) is 0 Å². The van der Waals surface area contributed by atoms with Gasteiger partial charge >= 0.3 is 10.4 Å². The summed E-state index contributed by atoms with van der Waals surface area (Å²) in [5.41, 5.74) is 0. The first kappa shape index (κ1) is 52.3. The van der Waals surface area contributed by atoms with Crippen molar-refractivity contribution in [1.29, 1.82) is 0 Å². The van der Waals surface area contributed by atoms with Crippen LogP contribution in [-0.4, -0.2) is 107 Å². The molecule has 328 valence electrons. The lowest BCUT2D eigenvalue weighted by atomic mass is 9.99. The molecule has 0 saturated carbocycles. The van der Waals surface area contributed by atoms with E-state index in [1.807, 2.05) is 0 Å². The lowest BCUT2D eigenvalue weighted by Gasteiger charge is -2.41. The molecule has 0 spiro atoms. The minimum atomic E-state index is -5.12. The zero-order valence-corrected chi connectivity index (χ0v) is 35.1. The molecule has 1 fully saturated rings. The Morgan fingerprint density at radius 1 is 0.714 bits per heavy atom. The van der Waals surface area contributed by atoms with Crippen molar-refractivity contribution in [2.24, 2.45) is 0 Å². The van der Waals surface area contributed by atoms with Crippen LogP contribution in [0.15, 0.2) is 36.5 Å². The van der Waals surface area contributed by atoms with Crippen molar-refractivity contribution >= 4 is 16.3 Å². The van der Waals surface area contributed by atoms with Gasteiger partial charge in [0.25, 0.3) is 0 Å². The molecule has 0 aromatic heterocycles. The third-order valence-electron chi connectivity index (χ3n) is 10.0. The lowest BCUT2D eigenvalue weighted by Crippen LogP contribution is -2.61. The van der Waals surface area contributed by atoms with Crippen LogP contribution in [0.4, 0.5) is 0 Å². The summed E-state index contributed by atoms with van der Waals surface area (Å²) in [7, 11) is -5.12. The highest BCUT2D eigenvalue weighted by atomic mass is 32.3. The number of carbonyl (C=O) groups is 1. The predicted octanol–water partition coefficient (Wildman–Crippen LogP) is 6.52. The van der Waals surface area contributed by atoms with Crippen LogP contribution in [0.5, 0.6) is 0 Å². The summed E-state index contributed by atoms with van der Waals surface area (Å²) in [5, 5.41) is 54.8. The molecule has 0 aromatic rings. The van der Waals surface area contributed by atoms with Crippen molar-refractivity contribution in [1.82, 2.24) is 5.32 Å². The van der Waals surface area contributed by atoms with E-state index < -0.39 is 78.5 Å². The Hall–Kier alpha value is -1.72. The molecule has 0 aromatic carbocycles. The largest absolute Gasteiger partial charge is 0.397 e. The molecule has 8 atom stereocenters. The maximum absolute atomic E-state index is 13.0. The Bertz CT molecular complexity index is 1170. The van der Waals surface area contributed by atoms with E-state index in [0.717, 1.165) is 70.6 Å². The van der Waals surface area contributed by atoms with E-state index in [9.17, 15) is 38.7 Å². The van der Waals surface area contributed by atoms with E-state index in [2.05, 4.69) is 47.7 Å². The van der Waals surface area contributed by atoms with Crippen LogP contribution in [0.1, 0.15) is 162 Å². The van der Waals surface area contributed by atoms with Gasteiger partial charge in [0.15, 0.2) is 6.29 Å². The average molecular weight is 820 g/mol. The fourth-order valence-corrected chi connectivity index (χ4v) is 7.02. The number of hydrogen-bond donors (Lipinski definition) is 7. The molecule has 8 unspecified atom stereocenters. The second-order valence-electron chi connectivity index (χ2n) is 15.1. The number of nitrogens with one attached hydrogen (secondary N) is 1. The van der Waals surface area contributed by atoms with E-state index in [4.69, 9.17) is 14.0 Å². The summed E-state index contributed by atoms with van der Waals surface area (Å²) in [4.78, 5) is 13.0. The Labute approximate surface area is 337 Å². The van der Waals surface area contributed by atoms with Gasteiger partial charge in [-0.3, -0.25) is 9.35 Å². The smallest absolute Gasteiger partial charge is 0.394 e. The van der Waals surface area contributed by atoms with Gasteiger partial charge in [-0.15, -0.1) is 0 Å². The van der Waals surface area contributed by atoms with Crippen molar-refractivity contribution in [2.75, 3.05) is 13.2 Å². The first-order valence-corrected chi connectivity index (χ1v) is 22.8. The van der Waals surface area contributed by atoms with Crippen LogP contribution < -0.4 is 5.32 Å². The molecule has 0 aliphatic carbocycles. The zero-order chi connectivity index (χ0) is 41.4. The molecule has 1 aliphatic rings. The van der Waals surface area contributed by atoms with Gasteiger partial charge in [-0.2, -0.15) is 8.42 Å². The number of aliphatic hydroxyl groups is 5. The second kappa shape index (κ2) is 33.1.